The predicted molar refractivity (Wildman–Crippen MR) is 116 cm³/mol. The molecular weight excluding hydrogens is 424 g/mol. The maximum Gasteiger partial charge on any atom is 0.264 e. The molecule has 0 saturated carbocycles. The lowest BCUT2D eigenvalue weighted by atomic mass is 10.2. The number of hydrogen-bond donors (Lipinski definition) is 1. The molecule has 0 bridgehead atoms. The lowest BCUT2D eigenvalue weighted by molar-refractivity contribution is 0.102. The molecule has 1 amide bonds. The summed E-state index contributed by atoms with van der Waals surface area (Å²) in [5.41, 5.74) is 0.863. The van der Waals surface area contributed by atoms with Gasteiger partial charge in [0.1, 0.15) is 0 Å². The third kappa shape index (κ3) is 4.52. The minimum Gasteiger partial charge on any atom is -0.321 e. The summed E-state index contributed by atoms with van der Waals surface area (Å²) < 4.78 is 50.6. The first-order valence-electron chi connectivity index (χ1n) is 8.85. The van der Waals surface area contributed by atoms with E-state index in [0.717, 1.165) is 10.6 Å². The summed E-state index contributed by atoms with van der Waals surface area (Å²) in [7, 11) is -5.87. The maximum atomic E-state index is 12.8. The Labute approximate surface area is 175 Å². The van der Waals surface area contributed by atoms with Crippen LogP contribution in [0.5, 0.6) is 0 Å². The zero-order valence-electron chi connectivity index (χ0n) is 16.3. The SMILES string of the molecule is CN(c1ccccc1)S(=O)(=O)c1ccc(C(=O)Nc2ccccc2S(C)(=O)=O)cc1. The molecule has 0 spiro atoms. The van der Waals surface area contributed by atoms with Crippen LogP contribution in [0.1, 0.15) is 10.4 Å². The molecule has 7 nitrogen and oxygen atoms in total. The van der Waals surface area contributed by atoms with Gasteiger partial charge in [-0.15, -0.1) is 0 Å². The lowest BCUT2D eigenvalue weighted by Gasteiger charge is -2.19. The van der Waals surface area contributed by atoms with Crippen molar-refractivity contribution < 1.29 is 21.6 Å². The van der Waals surface area contributed by atoms with E-state index in [1.54, 1.807) is 42.5 Å². The summed E-state index contributed by atoms with van der Waals surface area (Å²) in [5.74, 6) is -0.550. The number of rotatable bonds is 6. The highest BCUT2D eigenvalue weighted by molar-refractivity contribution is 7.92. The molecule has 3 rings (SSSR count). The van der Waals surface area contributed by atoms with Gasteiger partial charge in [-0.1, -0.05) is 30.3 Å². The van der Waals surface area contributed by atoms with Gasteiger partial charge in [-0.3, -0.25) is 9.10 Å². The van der Waals surface area contributed by atoms with Gasteiger partial charge in [0, 0.05) is 18.9 Å². The number of benzene rings is 3. The molecule has 0 atom stereocenters. The van der Waals surface area contributed by atoms with Gasteiger partial charge in [0.15, 0.2) is 9.84 Å². The normalized spacial score (nSPS) is 11.7. The number of carbonyl (C=O) groups is 1. The molecule has 0 aliphatic heterocycles. The average molecular weight is 445 g/mol. The molecule has 9 heteroatoms. The van der Waals surface area contributed by atoms with E-state index in [1.165, 1.54) is 43.4 Å². The van der Waals surface area contributed by atoms with E-state index in [1.807, 2.05) is 0 Å². The molecule has 0 aliphatic carbocycles. The van der Waals surface area contributed by atoms with Crippen molar-refractivity contribution in [2.75, 3.05) is 22.9 Å². The van der Waals surface area contributed by atoms with Gasteiger partial charge in [0.2, 0.25) is 0 Å². The van der Waals surface area contributed by atoms with Crippen LogP contribution < -0.4 is 9.62 Å². The van der Waals surface area contributed by atoms with E-state index >= 15 is 0 Å². The monoisotopic (exact) mass is 444 g/mol. The van der Waals surface area contributed by atoms with Crippen LogP contribution >= 0.6 is 0 Å². The van der Waals surface area contributed by atoms with E-state index < -0.39 is 25.8 Å². The maximum absolute atomic E-state index is 12.8. The fourth-order valence-electron chi connectivity index (χ4n) is 2.80. The summed E-state index contributed by atoms with van der Waals surface area (Å²) in [6.45, 7) is 0. The highest BCUT2D eigenvalue weighted by Crippen LogP contribution is 2.23. The van der Waals surface area contributed by atoms with Crippen molar-refractivity contribution in [3.63, 3.8) is 0 Å². The molecule has 1 N–H and O–H groups in total. The second-order valence-corrected chi connectivity index (χ2v) is 10.5. The summed E-state index contributed by atoms with van der Waals surface area (Å²) in [6, 6.07) is 20.1. The molecule has 0 radical (unpaired) electrons. The second kappa shape index (κ2) is 8.29. The fourth-order valence-corrected chi connectivity index (χ4v) is 4.84. The molecule has 3 aromatic rings. The van der Waals surface area contributed by atoms with Crippen molar-refractivity contribution >= 4 is 37.1 Å². The minimum atomic E-state index is -3.80. The van der Waals surface area contributed by atoms with E-state index in [4.69, 9.17) is 0 Å². The zero-order valence-corrected chi connectivity index (χ0v) is 17.9. The topological polar surface area (TPSA) is 101 Å². The molecule has 0 heterocycles. The number of sulfone groups is 1. The van der Waals surface area contributed by atoms with E-state index in [-0.39, 0.29) is 21.0 Å². The third-order valence-electron chi connectivity index (χ3n) is 4.43. The van der Waals surface area contributed by atoms with Crippen LogP contribution in [-0.4, -0.2) is 36.0 Å². The highest BCUT2D eigenvalue weighted by atomic mass is 32.2. The average Bonchev–Trinajstić information content (AvgIpc) is 2.73. The van der Waals surface area contributed by atoms with Crippen molar-refractivity contribution in [1.82, 2.24) is 0 Å². The van der Waals surface area contributed by atoms with Gasteiger partial charge in [0.05, 0.1) is 21.2 Å². The Balaban J connectivity index is 1.84. The van der Waals surface area contributed by atoms with Crippen molar-refractivity contribution in [1.29, 1.82) is 0 Å². The number of amides is 1. The van der Waals surface area contributed by atoms with Gasteiger partial charge < -0.3 is 5.32 Å². The first kappa shape index (κ1) is 21.5. The number of sulfonamides is 1. The Morgan fingerprint density at radius 2 is 1.37 bits per heavy atom. The van der Waals surface area contributed by atoms with Crippen LogP contribution in [0.15, 0.2) is 88.7 Å². The molecule has 0 aromatic heterocycles. The molecule has 30 heavy (non-hydrogen) atoms. The summed E-state index contributed by atoms with van der Waals surface area (Å²) in [4.78, 5) is 12.6. The number of para-hydroxylation sites is 2. The minimum absolute atomic E-state index is 0.00188. The third-order valence-corrected chi connectivity index (χ3v) is 7.38. The van der Waals surface area contributed by atoms with E-state index in [0.29, 0.717) is 5.69 Å². The number of carbonyl (C=O) groups excluding carboxylic acids is 1. The van der Waals surface area contributed by atoms with E-state index in [2.05, 4.69) is 5.32 Å². The Kier molecular flexibility index (Phi) is 5.95. The van der Waals surface area contributed by atoms with Gasteiger partial charge in [-0.05, 0) is 48.5 Å². The fraction of sp³-hybridized carbons (Fsp3) is 0.0952. The Morgan fingerprint density at radius 1 is 0.800 bits per heavy atom. The largest absolute Gasteiger partial charge is 0.321 e. The lowest BCUT2D eigenvalue weighted by Crippen LogP contribution is -2.26. The molecule has 0 saturated heterocycles. The number of hydrogen-bond acceptors (Lipinski definition) is 5. The predicted octanol–water partition coefficient (Wildman–Crippen LogP) is 3.17. The zero-order chi connectivity index (χ0) is 21.9. The number of anilines is 2. The van der Waals surface area contributed by atoms with Gasteiger partial charge in [0.25, 0.3) is 15.9 Å². The van der Waals surface area contributed by atoms with Gasteiger partial charge in [-0.25, -0.2) is 16.8 Å². The standard InChI is InChI=1S/C21H20N2O5S2/c1-23(17-8-4-3-5-9-17)30(27,28)18-14-12-16(13-15-18)21(24)22-19-10-6-7-11-20(19)29(2,25)26/h3-15H,1-2H3,(H,22,24). The second-order valence-electron chi connectivity index (χ2n) is 6.55. The molecular formula is C21H20N2O5S2. The molecule has 0 aliphatic rings. The van der Waals surface area contributed by atoms with Crippen LogP contribution in [0.4, 0.5) is 11.4 Å². The Morgan fingerprint density at radius 3 is 1.97 bits per heavy atom. The summed E-state index contributed by atoms with van der Waals surface area (Å²) in [6.07, 6.45) is 1.06. The number of nitrogens with zero attached hydrogens (tertiary/aromatic N) is 1. The number of nitrogens with one attached hydrogen (secondary N) is 1. The van der Waals surface area contributed by atoms with Crippen LogP contribution in [-0.2, 0) is 19.9 Å². The summed E-state index contributed by atoms with van der Waals surface area (Å²) in [5, 5.41) is 2.56. The molecule has 156 valence electrons. The van der Waals surface area contributed by atoms with Gasteiger partial charge >= 0.3 is 0 Å². The van der Waals surface area contributed by atoms with Crippen molar-refractivity contribution in [2.45, 2.75) is 9.79 Å². The smallest absolute Gasteiger partial charge is 0.264 e. The highest BCUT2D eigenvalue weighted by Gasteiger charge is 2.22. The quantitative estimate of drug-likeness (QED) is 0.629. The summed E-state index contributed by atoms with van der Waals surface area (Å²) >= 11 is 0. The Hall–Kier alpha value is -3.17. The first-order chi connectivity index (χ1) is 14.1. The van der Waals surface area contributed by atoms with Crippen LogP contribution in [0.3, 0.4) is 0 Å². The van der Waals surface area contributed by atoms with Crippen molar-refractivity contribution in [3.05, 3.63) is 84.4 Å². The van der Waals surface area contributed by atoms with Crippen molar-refractivity contribution in [3.8, 4) is 0 Å². The van der Waals surface area contributed by atoms with Crippen molar-refractivity contribution in [2.24, 2.45) is 0 Å². The van der Waals surface area contributed by atoms with Gasteiger partial charge in [-0.2, -0.15) is 0 Å². The molecule has 0 fully saturated rings. The molecule has 0 unspecified atom stereocenters. The van der Waals surface area contributed by atoms with Crippen LogP contribution in [0.2, 0.25) is 0 Å². The van der Waals surface area contributed by atoms with Crippen LogP contribution in [0.25, 0.3) is 0 Å². The first-order valence-corrected chi connectivity index (χ1v) is 12.2. The van der Waals surface area contributed by atoms with E-state index in [9.17, 15) is 21.6 Å². The van der Waals surface area contributed by atoms with Crippen LogP contribution in [0, 0.1) is 0 Å². The molecule has 3 aromatic carbocycles. The Bertz CT molecular complexity index is 1270.